The van der Waals surface area contributed by atoms with Crippen LogP contribution in [0.1, 0.15) is 5.56 Å². The van der Waals surface area contributed by atoms with Crippen LogP contribution in [-0.4, -0.2) is 24.9 Å². The Kier molecular flexibility index (Phi) is 1.98. The summed E-state index contributed by atoms with van der Waals surface area (Å²) >= 11 is 0. The van der Waals surface area contributed by atoms with Gasteiger partial charge in [0.2, 0.25) is 0 Å². The van der Waals surface area contributed by atoms with Crippen molar-refractivity contribution in [2.75, 3.05) is 25.6 Å². The second-order valence-electron chi connectivity index (χ2n) is 3.55. The van der Waals surface area contributed by atoms with E-state index >= 15 is 0 Å². The number of hydrogen-bond donors (Lipinski definition) is 2. The summed E-state index contributed by atoms with van der Waals surface area (Å²) in [5.74, 6) is 0. The lowest BCUT2D eigenvalue weighted by Gasteiger charge is -2.40. The molecule has 1 saturated heterocycles. The van der Waals surface area contributed by atoms with E-state index in [4.69, 9.17) is 10.5 Å². The van der Waals surface area contributed by atoms with Crippen LogP contribution in [0.15, 0.2) is 24.3 Å². The van der Waals surface area contributed by atoms with Gasteiger partial charge in [0, 0.05) is 5.69 Å². The third-order valence-electron chi connectivity index (χ3n) is 2.58. The molecular formula is C10H13NO2. The fourth-order valence-electron chi connectivity index (χ4n) is 1.53. The average Bonchev–Trinajstić information content (AvgIpc) is 2.07. The first-order valence-corrected chi connectivity index (χ1v) is 4.31. The van der Waals surface area contributed by atoms with Gasteiger partial charge in [0.15, 0.2) is 0 Å². The van der Waals surface area contributed by atoms with Crippen LogP contribution in [0.3, 0.4) is 0 Å². The molecule has 2 rings (SSSR count). The van der Waals surface area contributed by atoms with E-state index in [9.17, 15) is 5.11 Å². The third-order valence-corrected chi connectivity index (χ3v) is 2.58. The SMILES string of the molecule is Nc1ccc(C2(CO)COC2)cc1. The van der Waals surface area contributed by atoms with Gasteiger partial charge in [0.05, 0.1) is 25.2 Å². The Balaban J connectivity index is 2.28. The zero-order chi connectivity index (χ0) is 9.31. The number of aliphatic hydroxyl groups is 1. The minimum absolute atomic E-state index is 0.136. The molecule has 0 spiro atoms. The molecule has 3 heteroatoms. The van der Waals surface area contributed by atoms with Gasteiger partial charge >= 0.3 is 0 Å². The maximum absolute atomic E-state index is 9.25. The van der Waals surface area contributed by atoms with Crippen LogP contribution in [0, 0.1) is 0 Å². The Morgan fingerprint density at radius 3 is 2.31 bits per heavy atom. The van der Waals surface area contributed by atoms with Crippen molar-refractivity contribution in [3.63, 3.8) is 0 Å². The number of nitrogen functional groups attached to an aromatic ring is 1. The van der Waals surface area contributed by atoms with Gasteiger partial charge in [-0.25, -0.2) is 0 Å². The molecule has 3 N–H and O–H groups in total. The summed E-state index contributed by atoms with van der Waals surface area (Å²) in [6.07, 6.45) is 0. The Bertz CT molecular complexity index is 285. The molecule has 70 valence electrons. The predicted molar refractivity (Wildman–Crippen MR) is 50.4 cm³/mol. The van der Waals surface area contributed by atoms with E-state index in [-0.39, 0.29) is 12.0 Å². The highest BCUT2D eigenvalue weighted by atomic mass is 16.5. The van der Waals surface area contributed by atoms with E-state index < -0.39 is 0 Å². The first kappa shape index (κ1) is 8.53. The second-order valence-corrected chi connectivity index (χ2v) is 3.55. The van der Waals surface area contributed by atoms with Crippen LogP contribution in [0.4, 0.5) is 5.69 Å². The third kappa shape index (κ3) is 1.30. The number of anilines is 1. The van der Waals surface area contributed by atoms with Gasteiger partial charge in [0.25, 0.3) is 0 Å². The molecule has 1 aliphatic rings. The highest BCUT2D eigenvalue weighted by Gasteiger charge is 2.39. The standard InChI is InChI=1S/C10H13NO2/c11-9-3-1-8(2-4-9)10(5-12)6-13-7-10/h1-4,12H,5-7,11H2. The van der Waals surface area contributed by atoms with Crippen molar-refractivity contribution in [3.8, 4) is 0 Å². The van der Waals surface area contributed by atoms with E-state index in [1.807, 2.05) is 24.3 Å². The van der Waals surface area contributed by atoms with Crippen LogP contribution in [0.25, 0.3) is 0 Å². The van der Waals surface area contributed by atoms with Gasteiger partial charge in [-0.05, 0) is 17.7 Å². The highest BCUT2D eigenvalue weighted by molar-refractivity contribution is 5.42. The van der Waals surface area contributed by atoms with Crippen LogP contribution >= 0.6 is 0 Å². The summed E-state index contributed by atoms with van der Waals surface area (Å²) in [4.78, 5) is 0. The first-order valence-electron chi connectivity index (χ1n) is 4.31. The van der Waals surface area contributed by atoms with Gasteiger partial charge in [-0.3, -0.25) is 0 Å². The summed E-state index contributed by atoms with van der Waals surface area (Å²) in [5, 5.41) is 9.25. The molecule has 1 aliphatic heterocycles. The summed E-state index contributed by atoms with van der Waals surface area (Å²) < 4.78 is 5.12. The van der Waals surface area contributed by atoms with E-state index in [1.54, 1.807) is 0 Å². The maximum atomic E-state index is 9.25. The molecule has 0 atom stereocenters. The normalized spacial score (nSPS) is 19.5. The number of nitrogens with two attached hydrogens (primary N) is 1. The lowest BCUT2D eigenvalue weighted by Crippen LogP contribution is -2.49. The van der Waals surface area contributed by atoms with Crippen molar-refractivity contribution in [1.29, 1.82) is 0 Å². The molecule has 0 aliphatic carbocycles. The van der Waals surface area contributed by atoms with Crippen molar-refractivity contribution in [2.24, 2.45) is 0 Å². The topological polar surface area (TPSA) is 55.5 Å². The minimum Gasteiger partial charge on any atom is -0.399 e. The highest BCUT2D eigenvalue weighted by Crippen LogP contribution is 2.31. The van der Waals surface area contributed by atoms with Crippen molar-refractivity contribution in [1.82, 2.24) is 0 Å². The maximum Gasteiger partial charge on any atom is 0.0651 e. The smallest absolute Gasteiger partial charge is 0.0651 e. The molecule has 0 aromatic heterocycles. The minimum atomic E-state index is -0.173. The lowest BCUT2D eigenvalue weighted by molar-refractivity contribution is -0.0841. The Morgan fingerprint density at radius 2 is 1.92 bits per heavy atom. The zero-order valence-corrected chi connectivity index (χ0v) is 7.36. The largest absolute Gasteiger partial charge is 0.399 e. The number of ether oxygens (including phenoxy) is 1. The average molecular weight is 179 g/mol. The van der Waals surface area contributed by atoms with Gasteiger partial charge in [-0.1, -0.05) is 12.1 Å². The summed E-state index contributed by atoms with van der Waals surface area (Å²) in [7, 11) is 0. The quantitative estimate of drug-likeness (QED) is 0.651. The predicted octanol–water partition coefficient (Wildman–Crippen LogP) is 0.529. The molecule has 1 aromatic rings. The Labute approximate surface area is 77.1 Å². The summed E-state index contributed by atoms with van der Waals surface area (Å²) in [6.45, 7) is 1.34. The zero-order valence-electron chi connectivity index (χ0n) is 7.36. The molecule has 1 aromatic carbocycles. The fourth-order valence-corrected chi connectivity index (χ4v) is 1.53. The van der Waals surface area contributed by atoms with Crippen LogP contribution in [0.2, 0.25) is 0 Å². The monoisotopic (exact) mass is 179 g/mol. The molecule has 0 radical (unpaired) electrons. The van der Waals surface area contributed by atoms with Gasteiger partial charge < -0.3 is 15.6 Å². The number of aliphatic hydroxyl groups excluding tert-OH is 1. The van der Waals surface area contributed by atoms with Crippen molar-refractivity contribution >= 4 is 5.69 Å². The van der Waals surface area contributed by atoms with Gasteiger partial charge in [0.1, 0.15) is 0 Å². The Hall–Kier alpha value is -1.06. The van der Waals surface area contributed by atoms with Crippen LogP contribution < -0.4 is 5.73 Å². The van der Waals surface area contributed by atoms with Crippen molar-refractivity contribution < 1.29 is 9.84 Å². The molecular weight excluding hydrogens is 166 g/mol. The second kappa shape index (κ2) is 3.01. The molecule has 13 heavy (non-hydrogen) atoms. The molecule has 0 bridgehead atoms. The fraction of sp³-hybridized carbons (Fsp3) is 0.400. The van der Waals surface area contributed by atoms with E-state index in [2.05, 4.69) is 0 Å². The molecule has 1 heterocycles. The van der Waals surface area contributed by atoms with Gasteiger partial charge in [-0.15, -0.1) is 0 Å². The summed E-state index contributed by atoms with van der Waals surface area (Å²) in [6, 6.07) is 7.61. The number of benzene rings is 1. The molecule has 1 fully saturated rings. The molecule has 3 nitrogen and oxygen atoms in total. The van der Waals surface area contributed by atoms with E-state index in [0.717, 1.165) is 11.3 Å². The van der Waals surface area contributed by atoms with Crippen molar-refractivity contribution in [3.05, 3.63) is 29.8 Å². The summed E-state index contributed by atoms with van der Waals surface area (Å²) in [5.41, 5.74) is 7.26. The first-order chi connectivity index (χ1) is 6.27. The van der Waals surface area contributed by atoms with E-state index in [0.29, 0.717) is 13.2 Å². The lowest BCUT2D eigenvalue weighted by atomic mass is 9.79. The number of rotatable bonds is 2. The van der Waals surface area contributed by atoms with Gasteiger partial charge in [-0.2, -0.15) is 0 Å². The number of hydrogen-bond acceptors (Lipinski definition) is 3. The van der Waals surface area contributed by atoms with Crippen molar-refractivity contribution in [2.45, 2.75) is 5.41 Å². The van der Waals surface area contributed by atoms with E-state index in [1.165, 1.54) is 0 Å². The molecule has 0 amide bonds. The molecule has 0 saturated carbocycles. The molecule has 0 unspecified atom stereocenters. The van der Waals surface area contributed by atoms with Crippen LogP contribution in [0.5, 0.6) is 0 Å². The van der Waals surface area contributed by atoms with Crippen LogP contribution in [-0.2, 0) is 10.2 Å². The Morgan fingerprint density at radius 1 is 1.31 bits per heavy atom.